The van der Waals surface area contributed by atoms with Gasteiger partial charge in [0.25, 0.3) is 0 Å². The summed E-state index contributed by atoms with van der Waals surface area (Å²) in [5, 5.41) is 7.51. The van der Waals surface area contributed by atoms with Crippen LogP contribution in [0.4, 0.5) is 0 Å². The Morgan fingerprint density at radius 2 is 2.58 bits per heavy atom. The van der Waals surface area contributed by atoms with E-state index >= 15 is 0 Å². The monoisotopic (exact) mass is 179 g/mol. The number of hydrogen-bond donors (Lipinski definition) is 1. The van der Waals surface area contributed by atoms with Crippen LogP contribution >= 0.6 is 11.3 Å². The van der Waals surface area contributed by atoms with Crippen LogP contribution in [-0.4, -0.2) is 12.6 Å². The third kappa shape index (κ3) is 3.08. The summed E-state index contributed by atoms with van der Waals surface area (Å²) in [7, 11) is 0. The van der Waals surface area contributed by atoms with E-state index in [0.29, 0.717) is 0 Å². The molecular weight excluding hydrogens is 166 g/mol. The second kappa shape index (κ2) is 4.97. The highest BCUT2D eigenvalue weighted by molar-refractivity contribution is 7.07. The van der Waals surface area contributed by atoms with Crippen molar-refractivity contribution in [2.75, 3.05) is 6.54 Å². The molecule has 1 aromatic heterocycles. The molecule has 1 atom stereocenters. The van der Waals surface area contributed by atoms with Crippen molar-refractivity contribution in [1.29, 1.82) is 0 Å². The van der Waals surface area contributed by atoms with Gasteiger partial charge in [-0.05, 0) is 35.7 Å². The Hall–Kier alpha value is -0.780. The van der Waals surface area contributed by atoms with E-state index in [9.17, 15) is 0 Å². The SMILES string of the molecule is C#CC(C)NCCc1ccsc1. The predicted octanol–water partition coefficient (Wildman–Crippen LogP) is 1.90. The largest absolute Gasteiger partial charge is 0.304 e. The maximum absolute atomic E-state index is 5.22. The first-order valence-electron chi connectivity index (χ1n) is 4.03. The lowest BCUT2D eigenvalue weighted by molar-refractivity contribution is 0.646. The lowest BCUT2D eigenvalue weighted by Gasteiger charge is -2.05. The standard InChI is InChI=1S/C10H13NS/c1-3-9(2)11-6-4-10-5-7-12-8-10/h1,5,7-9,11H,4,6H2,2H3. The van der Waals surface area contributed by atoms with Crippen LogP contribution in [0, 0.1) is 12.3 Å². The highest BCUT2D eigenvalue weighted by Gasteiger charge is 1.95. The molecule has 1 aromatic rings. The highest BCUT2D eigenvalue weighted by atomic mass is 32.1. The molecule has 0 aliphatic carbocycles. The van der Waals surface area contributed by atoms with Crippen LogP contribution in [0.3, 0.4) is 0 Å². The van der Waals surface area contributed by atoms with Crippen molar-refractivity contribution in [2.24, 2.45) is 0 Å². The van der Waals surface area contributed by atoms with E-state index in [2.05, 4.69) is 28.1 Å². The van der Waals surface area contributed by atoms with Crippen LogP contribution in [-0.2, 0) is 6.42 Å². The fourth-order valence-electron chi connectivity index (χ4n) is 0.927. The first kappa shape index (κ1) is 9.31. The van der Waals surface area contributed by atoms with Crippen molar-refractivity contribution in [2.45, 2.75) is 19.4 Å². The molecule has 1 unspecified atom stereocenters. The second-order valence-electron chi connectivity index (χ2n) is 2.72. The van der Waals surface area contributed by atoms with E-state index < -0.39 is 0 Å². The van der Waals surface area contributed by atoms with Gasteiger partial charge in [0.15, 0.2) is 0 Å². The van der Waals surface area contributed by atoms with Gasteiger partial charge in [-0.2, -0.15) is 11.3 Å². The van der Waals surface area contributed by atoms with E-state index in [-0.39, 0.29) is 6.04 Å². The fraction of sp³-hybridized carbons (Fsp3) is 0.400. The molecule has 0 aliphatic heterocycles. The molecule has 1 nitrogen and oxygen atoms in total. The molecule has 0 aromatic carbocycles. The van der Waals surface area contributed by atoms with Gasteiger partial charge in [0.1, 0.15) is 0 Å². The summed E-state index contributed by atoms with van der Waals surface area (Å²) < 4.78 is 0. The summed E-state index contributed by atoms with van der Waals surface area (Å²) in [6.07, 6.45) is 6.29. The zero-order chi connectivity index (χ0) is 8.81. The number of nitrogens with one attached hydrogen (secondary N) is 1. The molecule has 1 N–H and O–H groups in total. The van der Waals surface area contributed by atoms with E-state index in [4.69, 9.17) is 6.42 Å². The van der Waals surface area contributed by atoms with Crippen LogP contribution in [0.5, 0.6) is 0 Å². The molecule has 1 rings (SSSR count). The summed E-state index contributed by atoms with van der Waals surface area (Å²) in [5.74, 6) is 2.64. The minimum atomic E-state index is 0.184. The summed E-state index contributed by atoms with van der Waals surface area (Å²) in [4.78, 5) is 0. The van der Waals surface area contributed by atoms with Crippen molar-refractivity contribution in [3.05, 3.63) is 22.4 Å². The third-order valence-electron chi connectivity index (χ3n) is 1.69. The summed E-state index contributed by atoms with van der Waals surface area (Å²) in [6.45, 7) is 2.95. The first-order valence-corrected chi connectivity index (χ1v) is 4.98. The molecule has 0 fully saturated rings. The normalized spacial score (nSPS) is 12.3. The molecule has 2 heteroatoms. The minimum Gasteiger partial charge on any atom is -0.304 e. The van der Waals surface area contributed by atoms with Gasteiger partial charge < -0.3 is 5.32 Å². The van der Waals surface area contributed by atoms with Crippen LogP contribution in [0.25, 0.3) is 0 Å². The first-order chi connectivity index (χ1) is 5.83. The van der Waals surface area contributed by atoms with Crippen LogP contribution < -0.4 is 5.32 Å². The molecule has 64 valence electrons. The van der Waals surface area contributed by atoms with Gasteiger partial charge >= 0.3 is 0 Å². The van der Waals surface area contributed by atoms with Crippen molar-refractivity contribution in [1.82, 2.24) is 5.32 Å². The van der Waals surface area contributed by atoms with Gasteiger partial charge in [0.2, 0.25) is 0 Å². The van der Waals surface area contributed by atoms with E-state index in [1.165, 1.54) is 5.56 Å². The topological polar surface area (TPSA) is 12.0 Å². The van der Waals surface area contributed by atoms with Gasteiger partial charge in [-0.15, -0.1) is 6.42 Å². The maximum Gasteiger partial charge on any atom is 0.0658 e. The molecule has 0 aliphatic rings. The smallest absolute Gasteiger partial charge is 0.0658 e. The molecule has 0 saturated heterocycles. The van der Waals surface area contributed by atoms with E-state index in [0.717, 1.165) is 13.0 Å². The Morgan fingerprint density at radius 1 is 1.75 bits per heavy atom. The van der Waals surface area contributed by atoms with Crippen molar-refractivity contribution >= 4 is 11.3 Å². The van der Waals surface area contributed by atoms with Gasteiger partial charge in [0, 0.05) is 6.54 Å². The Balaban J connectivity index is 2.16. The Morgan fingerprint density at radius 3 is 3.17 bits per heavy atom. The average Bonchev–Trinajstić information content (AvgIpc) is 2.57. The van der Waals surface area contributed by atoms with E-state index in [1.807, 2.05) is 6.92 Å². The molecular formula is C10H13NS. The number of hydrogen-bond acceptors (Lipinski definition) is 2. The minimum absolute atomic E-state index is 0.184. The molecule has 0 amide bonds. The molecule has 1 heterocycles. The van der Waals surface area contributed by atoms with Gasteiger partial charge in [-0.3, -0.25) is 0 Å². The quantitative estimate of drug-likeness (QED) is 0.696. The average molecular weight is 179 g/mol. The third-order valence-corrected chi connectivity index (χ3v) is 2.43. The molecule has 0 saturated carbocycles. The number of rotatable bonds is 4. The zero-order valence-corrected chi connectivity index (χ0v) is 8.03. The lowest BCUT2D eigenvalue weighted by atomic mass is 10.2. The second-order valence-corrected chi connectivity index (χ2v) is 3.50. The molecule has 0 radical (unpaired) electrons. The summed E-state index contributed by atoms with van der Waals surface area (Å²) in [5.41, 5.74) is 1.39. The lowest BCUT2D eigenvalue weighted by Crippen LogP contribution is -2.26. The van der Waals surface area contributed by atoms with Crippen LogP contribution in [0.1, 0.15) is 12.5 Å². The molecule has 0 bridgehead atoms. The molecule has 0 spiro atoms. The van der Waals surface area contributed by atoms with Crippen molar-refractivity contribution in [3.63, 3.8) is 0 Å². The summed E-state index contributed by atoms with van der Waals surface area (Å²) >= 11 is 1.74. The summed E-state index contributed by atoms with van der Waals surface area (Å²) in [6, 6.07) is 2.33. The maximum atomic E-state index is 5.22. The Bertz CT molecular complexity index is 245. The van der Waals surface area contributed by atoms with Crippen LogP contribution in [0.2, 0.25) is 0 Å². The predicted molar refractivity (Wildman–Crippen MR) is 54.3 cm³/mol. The zero-order valence-electron chi connectivity index (χ0n) is 7.21. The number of terminal acetylenes is 1. The van der Waals surface area contributed by atoms with Crippen molar-refractivity contribution < 1.29 is 0 Å². The fourth-order valence-corrected chi connectivity index (χ4v) is 1.63. The number of thiophene rings is 1. The Kier molecular flexibility index (Phi) is 3.86. The Labute approximate surface area is 77.8 Å². The van der Waals surface area contributed by atoms with Crippen LogP contribution in [0.15, 0.2) is 16.8 Å². The van der Waals surface area contributed by atoms with Gasteiger partial charge in [-0.1, -0.05) is 5.92 Å². The molecule has 12 heavy (non-hydrogen) atoms. The van der Waals surface area contributed by atoms with Crippen molar-refractivity contribution in [3.8, 4) is 12.3 Å². The van der Waals surface area contributed by atoms with E-state index in [1.54, 1.807) is 11.3 Å². The van der Waals surface area contributed by atoms with Gasteiger partial charge in [0.05, 0.1) is 6.04 Å². The van der Waals surface area contributed by atoms with Gasteiger partial charge in [-0.25, -0.2) is 0 Å². The highest BCUT2D eigenvalue weighted by Crippen LogP contribution is 2.05.